The Hall–Kier alpha value is -2.20. The summed E-state index contributed by atoms with van der Waals surface area (Å²) in [5, 5.41) is 14.1. The minimum Gasteiger partial charge on any atom is -0.306 e. The van der Waals surface area contributed by atoms with E-state index < -0.39 is 0 Å². The van der Waals surface area contributed by atoms with Crippen LogP contribution in [0.3, 0.4) is 0 Å². The summed E-state index contributed by atoms with van der Waals surface area (Å²) in [4.78, 5) is 10.2. The molecule has 0 radical (unpaired) electrons. The first-order chi connectivity index (χ1) is 9.97. The van der Waals surface area contributed by atoms with Crippen molar-refractivity contribution in [2.45, 2.75) is 33.4 Å². The first-order valence-corrected chi connectivity index (χ1v) is 7.01. The molecule has 2 aromatic rings. The summed E-state index contributed by atoms with van der Waals surface area (Å²) in [5.41, 5.74) is 4.97. The molecule has 0 spiro atoms. The van der Waals surface area contributed by atoms with Crippen molar-refractivity contribution in [2.24, 2.45) is 0 Å². The number of hydrogen-bond donors (Lipinski definition) is 1. The van der Waals surface area contributed by atoms with Crippen LogP contribution in [0.4, 0.5) is 5.69 Å². The predicted molar refractivity (Wildman–Crippen MR) is 84.3 cm³/mol. The van der Waals surface area contributed by atoms with Crippen LogP contribution in [0.1, 0.15) is 35.2 Å². The molecule has 21 heavy (non-hydrogen) atoms. The minimum absolute atomic E-state index is 0.126. The van der Waals surface area contributed by atoms with Crippen molar-refractivity contribution in [3.8, 4) is 0 Å². The molecule has 0 aromatic heterocycles. The van der Waals surface area contributed by atoms with Gasteiger partial charge in [-0.25, -0.2) is 0 Å². The highest BCUT2D eigenvalue weighted by atomic mass is 16.6. The summed E-state index contributed by atoms with van der Waals surface area (Å²) < 4.78 is 0. The molecule has 0 aliphatic carbocycles. The molecule has 1 N–H and O–H groups in total. The third kappa shape index (κ3) is 3.89. The molecule has 1 unspecified atom stereocenters. The molecule has 0 saturated heterocycles. The summed E-state index contributed by atoms with van der Waals surface area (Å²) in [7, 11) is 0. The van der Waals surface area contributed by atoms with Crippen LogP contribution in [0.15, 0.2) is 42.5 Å². The van der Waals surface area contributed by atoms with Gasteiger partial charge in [0.25, 0.3) is 5.69 Å². The Morgan fingerprint density at radius 1 is 1.14 bits per heavy atom. The molecule has 4 heteroatoms. The standard InChI is InChI=1S/C17H20N2O2/c1-12-4-5-13(2)17(10-12)14(3)18-11-15-6-8-16(9-7-15)19(20)21/h4-10,14,18H,11H2,1-3H3. The summed E-state index contributed by atoms with van der Waals surface area (Å²) in [6.45, 7) is 7.02. The number of benzene rings is 2. The van der Waals surface area contributed by atoms with Gasteiger partial charge in [0.15, 0.2) is 0 Å². The number of rotatable bonds is 5. The van der Waals surface area contributed by atoms with Crippen molar-refractivity contribution in [3.63, 3.8) is 0 Å². The molecule has 0 aliphatic heterocycles. The van der Waals surface area contributed by atoms with E-state index in [0.29, 0.717) is 6.54 Å². The molecule has 1 atom stereocenters. The van der Waals surface area contributed by atoms with E-state index in [1.54, 1.807) is 24.3 Å². The molecule has 2 aromatic carbocycles. The number of hydrogen-bond acceptors (Lipinski definition) is 3. The van der Waals surface area contributed by atoms with Crippen molar-refractivity contribution in [1.82, 2.24) is 5.32 Å². The number of aryl methyl sites for hydroxylation is 2. The third-order valence-electron chi connectivity index (χ3n) is 3.66. The lowest BCUT2D eigenvalue weighted by Gasteiger charge is -2.17. The van der Waals surface area contributed by atoms with E-state index in [-0.39, 0.29) is 16.7 Å². The Labute approximate surface area is 125 Å². The number of nitro groups is 1. The maximum atomic E-state index is 10.6. The Balaban J connectivity index is 2.02. The van der Waals surface area contributed by atoms with E-state index in [2.05, 4.69) is 44.3 Å². The topological polar surface area (TPSA) is 55.2 Å². The molecule has 0 saturated carbocycles. The molecule has 110 valence electrons. The molecule has 2 rings (SSSR count). The van der Waals surface area contributed by atoms with Crippen LogP contribution in [-0.2, 0) is 6.54 Å². The van der Waals surface area contributed by atoms with E-state index >= 15 is 0 Å². The molecule has 0 amide bonds. The molecule has 0 bridgehead atoms. The molecule has 0 fully saturated rings. The van der Waals surface area contributed by atoms with Crippen molar-refractivity contribution in [1.29, 1.82) is 0 Å². The smallest absolute Gasteiger partial charge is 0.269 e. The van der Waals surface area contributed by atoms with Crippen LogP contribution >= 0.6 is 0 Å². The molecule has 0 aliphatic rings. The van der Waals surface area contributed by atoms with Crippen molar-refractivity contribution in [3.05, 3.63) is 74.8 Å². The number of nitrogens with one attached hydrogen (secondary N) is 1. The maximum absolute atomic E-state index is 10.6. The Morgan fingerprint density at radius 2 is 1.81 bits per heavy atom. The zero-order valence-corrected chi connectivity index (χ0v) is 12.6. The summed E-state index contributed by atoms with van der Waals surface area (Å²) in [6.07, 6.45) is 0. The number of nitrogens with zero attached hydrogens (tertiary/aromatic N) is 1. The van der Waals surface area contributed by atoms with E-state index in [0.717, 1.165) is 5.56 Å². The highest BCUT2D eigenvalue weighted by Gasteiger charge is 2.09. The normalized spacial score (nSPS) is 12.1. The second-order valence-corrected chi connectivity index (χ2v) is 5.39. The van der Waals surface area contributed by atoms with Gasteiger partial charge in [-0.2, -0.15) is 0 Å². The number of nitro benzene ring substituents is 1. The second-order valence-electron chi connectivity index (χ2n) is 5.39. The van der Waals surface area contributed by atoms with Crippen molar-refractivity contribution in [2.75, 3.05) is 0 Å². The molecule has 4 nitrogen and oxygen atoms in total. The maximum Gasteiger partial charge on any atom is 0.269 e. The lowest BCUT2D eigenvalue weighted by atomic mass is 10.00. The zero-order chi connectivity index (χ0) is 15.4. The third-order valence-corrected chi connectivity index (χ3v) is 3.66. The largest absolute Gasteiger partial charge is 0.306 e. The van der Waals surface area contributed by atoms with Crippen LogP contribution in [-0.4, -0.2) is 4.92 Å². The van der Waals surface area contributed by atoms with Crippen LogP contribution in [0.2, 0.25) is 0 Å². The second kappa shape index (κ2) is 6.50. The summed E-state index contributed by atoms with van der Waals surface area (Å²) in [6, 6.07) is 13.3. The van der Waals surface area contributed by atoms with Gasteiger partial charge in [0.2, 0.25) is 0 Å². The Bertz CT molecular complexity index is 636. The van der Waals surface area contributed by atoms with E-state index in [1.807, 2.05) is 0 Å². The van der Waals surface area contributed by atoms with Crippen LogP contribution in [0, 0.1) is 24.0 Å². The van der Waals surface area contributed by atoms with Crippen molar-refractivity contribution >= 4 is 5.69 Å². The minimum atomic E-state index is -0.379. The van der Waals surface area contributed by atoms with Gasteiger partial charge in [0, 0.05) is 24.7 Å². The fourth-order valence-corrected chi connectivity index (χ4v) is 2.34. The van der Waals surface area contributed by atoms with E-state index in [1.165, 1.54) is 16.7 Å². The lowest BCUT2D eigenvalue weighted by Crippen LogP contribution is -2.19. The summed E-state index contributed by atoms with van der Waals surface area (Å²) in [5.74, 6) is 0. The Kier molecular flexibility index (Phi) is 4.70. The average Bonchev–Trinajstić information content (AvgIpc) is 2.47. The molecular weight excluding hydrogens is 264 g/mol. The highest BCUT2D eigenvalue weighted by molar-refractivity contribution is 5.34. The van der Waals surface area contributed by atoms with Gasteiger partial charge in [-0.05, 0) is 37.5 Å². The van der Waals surface area contributed by atoms with Gasteiger partial charge in [0.1, 0.15) is 0 Å². The monoisotopic (exact) mass is 284 g/mol. The fourth-order valence-electron chi connectivity index (χ4n) is 2.34. The molecule has 0 heterocycles. The highest BCUT2D eigenvalue weighted by Crippen LogP contribution is 2.19. The van der Waals surface area contributed by atoms with Gasteiger partial charge in [-0.3, -0.25) is 10.1 Å². The summed E-state index contributed by atoms with van der Waals surface area (Å²) >= 11 is 0. The van der Waals surface area contributed by atoms with Gasteiger partial charge >= 0.3 is 0 Å². The quantitative estimate of drug-likeness (QED) is 0.665. The SMILES string of the molecule is Cc1ccc(C)c(C(C)NCc2ccc([N+](=O)[O-])cc2)c1. The van der Waals surface area contributed by atoms with Gasteiger partial charge in [-0.15, -0.1) is 0 Å². The van der Waals surface area contributed by atoms with Crippen molar-refractivity contribution < 1.29 is 4.92 Å². The predicted octanol–water partition coefficient (Wildman–Crippen LogP) is 4.06. The zero-order valence-electron chi connectivity index (χ0n) is 12.6. The first kappa shape index (κ1) is 15.2. The van der Waals surface area contributed by atoms with E-state index in [4.69, 9.17) is 0 Å². The van der Waals surface area contributed by atoms with Gasteiger partial charge in [-0.1, -0.05) is 35.9 Å². The van der Waals surface area contributed by atoms with Gasteiger partial charge < -0.3 is 5.32 Å². The van der Waals surface area contributed by atoms with E-state index in [9.17, 15) is 10.1 Å². The fraction of sp³-hybridized carbons (Fsp3) is 0.294. The van der Waals surface area contributed by atoms with Crippen LogP contribution in [0.5, 0.6) is 0 Å². The Morgan fingerprint density at radius 3 is 2.43 bits per heavy atom. The average molecular weight is 284 g/mol. The van der Waals surface area contributed by atoms with Crippen LogP contribution < -0.4 is 5.32 Å². The molecular formula is C17H20N2O2. The first-order valence-electron chi connectivity index (χ1n) is 7.01. The van der Waals surface area contributed by atoms with Gasteiger partial charge in [0.05, 0.1) is 4.92 Å². The lowest BCUT2D eigenvalue weighted by molar-refractivity contribution is -0.384. The van der Waals surface area contributed by atoms with Crippen LogP contribution in [0.25, 0.3) is 0 Å². The number of non-ortho nitro benzene ring substituents is 1.